The third-order valence-electron chi connectivity index (χ3n) is 6.05. The molecule has 12 nitrogen and oxygen atoms in total. The Morgan fingerprint density at radius 1 is 0.844 bits per heavy atom. The van der Waals surface area contributed by atoms with E-state index in [9.17, 15) is 14.0 Å². The summed E-state index contributed by atoms with van der Waals surface area (Å²) in [7, 11) is 1.76. The van der Waals surface area contributed by atoms with Crippen LogP contribution in [0.5, 0.6) is 0 Å². The number of pyridine rings is 2. The largest absolute Gasteiger partial charge is 0.469 e. The van der Waals surface area contributed by atoms with E-state index >= 15 is 0 Å². The van der Waals surface area contributed by atoms with Crippen molar-refractivity contribution in [3.8, 4) is 0 Å². The van der Waals surface area contributed by atoms with Gasteiger partial charge >= 0.3 is 11.9 Å². The normalized spacial score (nSPS) is 10.3. The molecule has 0 aliphatic heterocycles. The van der Waals surface area contributed by atoms with Gasteiger partial charge in [0.15, 0.2) is 12.4 Å². The summed E-state index contributed by atoms with van der Waals surface area (Å²) in [5.74, 6) is -0.489. The first-order valence-corrected chi connectivity index (χ1v) is 13.9. The Morgan fingerprint density at radius 2 is 1.40 bits per heavy atom. The summed E-state index contributed by atoms with van der Waals surface area (Å²) < 4.78 is 30.1. The van der Waals surface area contributed by atoms with Crippen molar-refractivity contribution in [3.05, 3.63) is 109 Å². The molecule has 0 saturated carbocycles. The molecule has 234 valence electrons. The summed E-state index contributed by atoms with van der Waals surface area (Å²) in [4.78, 5) is 25.9. The zero-order valence-electron chi connectivity index (χ0n) is 25.7. The van der Waals surface area contributed by atoms with Crippen LogP contribution in [-0.4, -0.2) is 68.3 Å². The lowest BCUT2D eigenvalue weighted by Crippen LogP contribution is -2.37. The predicted molar refractivity (Wildman–Crippen MR) is 166 cm³/mol. The summed E-state index contributed by atoms with van der Waals surface area (Å²) in [5, 5.41) is 16.0. The van der Waals surface area contributed by atoms with Gasteiger partial charge in [0.25, 0.3) is 0 Å². The van der Waals surface area contributed by atoms with Crippen LogP contribution in [0.2, 0.25) is 0 Å². The molecule has 0 amide bonds. The number of aromatic nitrogens is 8. The van der Waals surface area contributed by atoms with Crippen molar-refractivity contribution in [1.29, 1.82) is 0 Å². The van der Waals surface area contributed by atoms with E-state index in [1.807, 2.05) is 88.4 Å². The minimum Gasteiger partial charge on any atom is -0.469 e. The maximum Gasteiger partial charge on any atom is 0.310 e. The van der Waals surface area contributed by atoms with Crippen molar-refractivity contribution >= 4 is 45.6 Å². The minimum atomic E-state index is -1.00. The number of para-hydroxylation sites is 2. The molecule has 14 heteroatoms. The molecule has 0 N–H and O–H groups in total. The highest BCUT2D eigenvalue weighted by Crippen LogP contribution is 2.10. The molecule has 6 rings (SSSR count). The Hall–Kier alpha value is -5.30. The molecule has 0 aliphatic rings. The van der Waals surface area contributed by atoms with Crippen LogP contribution in [-0.2, 0) is 44.6 Å². The molecule has 0 saturated heterocycles. The van der Waals surface area contributed by atoms with E-state index in [0.717, 1.165) is 33.2 Å². The lowest BCUT2D eigenvalue weighted by Gasteiger charge is -2.01. The van der Waals surface area contributed by atoms with E-state index in [1.54, 1.807) is 23.1 Å². The Morgan fingerprint density at radius 3 is 1.98 bits per heavy atom. The predicted octanol–water partition coefficient (Wildman–Crippen LogP) is 3.95. The monoisotopic (exact) mass is 636 g/mol. The highest BCUT2D eigenvalue weighted by molar-refractivity contribution is 6.15. The maximum atomic E-state index is 11.3. The molecule has 0 aliphatic carbocycles. The molecule has 0 fully saturated rings. The van der Waals surface area contributed by atoms with Crippen molar-refractivity contribution in [2.24, 2.45) is 0 Å². The number of benzene rings is 2. The first-order valence-electron chi connectivity index (χ1n) is 14.1. The number of halogens is 2. The van der Waals surface area contributed by atoms with E-state index < -0.39 is 7.15 Å². The number of methoxy groups -OCH3 is 2. The van der Waals surface area contributed by atoms with Crippen LogP contribution >= 0.6 is 11.6 Å². The van der Waals surface area contributed by atoms with E-state index in [1.165, 1.54) is 14.2 Å². The van der Waals surface area contributed by atoms with Crippen LogP contribution in [0.15, 0.2) is 97.6 Å². The highest BCUT2D eigenvalue weighted by atomic mass is 35.5. The summed E-state index contributed by atoms with van der Waals surface area (Å²) in [5.41, 5.74) is 5.47. The number of nitrogens with zero attached hydrogens (tertiary/aromatic N) is 8. The number of hydrogen-bond acceptors (Lipinski definition) is 9. The fraction of sp³-hybridized carbons (Fsp3) is 0.226. The third kappa shape index (κ3) is 10.4. The number of esters is 2. The average molecular weight is 637 g/mol. The number of rotatable bonds is 7. The van der Waals surface area contributed by atoms with Gasteiger partial charge in [-0.3, -0.25) is 19.0 Å². The van der Waals surface area contributed by atoms with Crippen molar-refractivity contribution in [3.63, 3.8) is 0 Å². The smallest absolute Gasteiger partial charge is 0.310 e. The molecule has 2 aromatic carbocycles. The molecular formula is C31H33ClFN8O4+. The minimum absolute atomic E-state index is 0.238. The quantitative estimate of drug-likeness (QED) is 0.145. The number of hydrogen-bond donors (Lipinski definition) is 0. The van der Waals surface area contributed by atoms with E-state index in [4.69, 9.17) is 13.0 Å². The van der Waals surface area contributed by atoms with Gasteiger partial charge in [-0.05, 0) is 42.0 Å². The second kappa shape index (κ2) is 18.4. The maximum absolute atomic E-state index is 11.3. The summed E-state index contributed by atoms with van der Waals surface area (Å²) in [6, 6.07) is 23.3. The van der Waals surface area contributed by atoms with Crippen molar-refractivity contribution in [2.45, 2.75) is 25.5 Å². The van der Waals surface area contributed by atoms with Crippen LogP contribution in [0.1, 0.15) is 12.5 Å². The molecular weight excluding hydrogens is 603 g/mol. The molecule has 0 unspecified atom stereocenters. The fourth-order valence-corrected chi connectivity index (χ4v) is 4.11. The number of carbonyl (C=O) groups is 2. The zero-order chi connectivity index (χ0) is 33.1. The van der Waals surface area contributed by atoms with Gasteiger partial charge in [0.2, 0.25) is 6.67 Å². The van der Waals surface area contributed by atoms with Gasteiger partial charge in [0, 0.05) is 24.0 Å². The van der Waals surface area contributed by atoms with Crippen LogP contribution in [0.4, 0.5) is 4.39 Å². The molecule has 0 radical (unpaired) electrons. The zero-order valence-corrected chi connectivity index (χ0v) is 25.5. The van der Waals surface area contributed by atoms with E-state index in [2.05, 4.69) is 35.1 Å². The number of fused-ring (bicyclic) bond motifs is 2. The Balaban J connectivity index is 0.000000195. The molecule has 0 atom stereocenters. The second-order valence-electron chi connectivity index (χ2n) is 9.01. The first-order chi connectivity index (χ1) is 22.4. The second-order valence-corrected chi connectivity index (χ2v) is 9.25. The van der Waals surface area contributed by atoms with Crippen LogP contribution < -0.4 is 4.57 Å². The van der Waals surface area contributed by atoms with Crippen molar-refractivity contribution < 1.29 is 29.4 Å². The Bertz CT molecular complexity index is 1810. The van der Waals surface area contributed by atoms with Gasteiger partial charge in [-0.15, -0.1) is 21.8 Å². The van der Waals surface area contributed by atoms with Gasteiger partial charge in [-0.25, -0.2) is 4.68 Å². The summed E-state index contributed by atoms with van der Waals surface area (Å²) in [6.45, 7) is 0.537. The molecule has 45 heavy (non-hydrogen) atoms. The van der Waals surface area contributed by atoms with Gasteiger partial charge in [0.1, 0.15) is 17.0 Å². The lowest BCUT2D eigenvalue weighted by atomic mass is 10.2. The fourth-order valence-electron chi connectivity index (χ4n) is 3.93. The third-order valence-corrected chi connectivity index (χ3v) is 6.27. The summed E-state index contributed by atoms with van der Waals surface area (Å²) in [6.07, 6.45) is 7.71. The van der Waals surface area contributed by atoms with Gasteiger partial charge < -0.3 is 9.47 Å². The van der Waals surface area contributed by atoms with Gasteiger partial charge in [-0.2, -0.15) is 9.25 Å². The highest BCUT2D eigenvalue weighted by Gasteiger charge is 2.11. The summed E-state index contributed by atoms with van der Waals surface area (Å²) >= 11 is 5.61. The Labute approximate surface area is 265 Å². The van der Waals surface area contributed by atoms with Crippen LogP contribution in [0.25, 0.3) is 22.1 Å². The molecule has 6 aromatic rings. The van der Waals surface area contributed by atoms with E-state index in [0.29, 0.717) is 19.1 Å². The molecule has 0 bridgehead atoms. The first kappa shape index (κ1) is 32.6. The SMILES string of the molecule is COC(=O)Cc1ccc[n+](Cn2nnc3ccccc32)c1.COC(=O)Cc1cccnc1.ClCn1nnc2ccccc21.[2H]CF. The van der Waals surface area contributed by atoms with Crippen LogP contribution in [0, 0.1) is 0 Å². The Kier molecular flexibility index (Phi) is 13.3. The molecule has 0 spiro atoms. The average Bonchev–Trinajstić information content (AvgIpc) is 3.70. The van der Waals surface area contributed by atoms with Gasteiger partial charge in [-0.1, -0.05) is 40.8 Å². The standard InChI is InChI=1S/C15H15N4O2.C8H9NO2.C7H6ClN3.CH3F/c1-21-15(20)9-12-5-4-8-18(10-12)11-19-14-7-3-2-6-13(14)16-17-19;1-11-8(10)5-7-3-2-4-9-6-7;8-5-11-7-4-2-1-3-6(7)9-10-11;1-2/h2-8,10H,9,11H2,1H3;2-4,6H,5H2,1H3;1-4H,5H2;1H3/q+1;;;/i;;;1D. The van der Waals surface area contributed by atoms with Crippen LogP contribution in [0.3, 0.4) is 0 Å². The van der Waals surface area contributed by atoms with Crippen molar-refractivity contribution in [1.82, 2.24) is 35.0 Å². The lowest BCUT2D eigenvalue weighted by molar-refractivity contribution is -0.702. The number of carbonyl (C=O) groups excluding carboxylic acids is 2. The van der Waals surface area contributed by atoms with Gasteiger partial charge in [0.05, 0.1) is 46.6 Å². The molecule has 4 aromatic heterocycles. The number of alkyl halides is 2. The van der Waals surface area contributed by atoms with E-state index in [-0.39, 0.29) is 18.4 Å². The van der Waals surface area contributed by atoms with Crippen molar-refractivity contribution in [2.75, 3.05) is 21.4 Å². The molecule has 4 heterocycles. The number of ether oxygens (including phenoxy) is 2. The topological polar surface area (TPSA) is 131 Å².